The number of hydrogen-bond donors (Lipinski definition) is 0. The zero-order chi connectivity index (χ0) is 20.5. The van der Waals surface area contributed by atoms with E-state index in [1.54, 1.807) is 0 Å². The molecule has 2 aromatic rings. The molecule has 3 atom stereocenters. The lowest BCUT2D eigenvalue weighted by Gasteiger charge is -2.31. The van der Waals surface area contributed by atoms with Crippen LogP contribution in [0.2, 0.25) is 0 Å². The van der Waals surface area contributed by atoms with Crippen molar-refractivity contribution < 1.29 is 4.79 Å². The molecular formula is C25H33N3O. The molecule has 154 valence electrons. The number of fused-ring (bicyclic) bond motifs is 1. The number of rotatable bonds is 5. The fraction of sp³-hybridized carbons (Fsp3) is 0.480. The highest BCUT2D eigenvalue weighted by atomic mass is 16.2. The molecule has 2 aromatic carbocycles. The lowest BCUT2D eigenvalue weighted by Crippen LogP contribution is -2.40. The van der Waals surface area contributed by atoms with E-state index in [1.807, 2.05) is 19.0 Å². The largest absolute Gasteiger partial charge is 0.334 e. The molecule has 0 bridgehead atoms. The maximum Gasteiger partial charge on any atom is 0.237 e. The maximum atomic E-state index is 13.1. The number of likely N-dealkylation sites (tertiary alicyclic amines) is 2. The lowest BCUT2D eigenvalue weighted by molar-refractivity contribution is -0.133. The molecule has 4 rings (SSSR count). The first-order chi connectivity index (χ1) is 13.9. The molecule has 29 heavy (non-hydrogen) atoms. The highest BCUT2D eigenvalue weighted by Gasteiger charge is 2.49. The summed E-state index contributed by atoms with van der Waals surface area (Å²) in [5, 5.41) is 0. The van der Waals surface area contributed by atoms with E-state index in [1.165, 1.54) is 22.3 Å². The summed E-state index contributed by atoms with van der Waals surface area (Å²) in [5.41, 5.74) is 5.30. The zero-order valence-corrected chi connectivity index (χ0v) is 18.1. The number of carbonyl (C=O) groups is 1. The van der Waals surface area contributed by atoms with Crippen LogP contribution < -0.4 is 0 Å². The van der Waals surface area contributed by atoms with E-state index in [2.05, 4.69) is 72.2 Å². The lowest BCUT2D eigenvalue weighted by atomic mass is 9.87. The highest BCUT2D eigenvalue weighted by Crippen LogP contribution is 2.46. The van der Waals surface area contributed by atoms with Gasteiger partial charge in [0.25, 0.3) is 0 Å². The summed E-state index contributed by atoms with van der Waals surface area (Å²) < 4.78 is 0. The molecule has 0 aliphatic carbocycles. The van der Waals surface area contributed by atoms with Crippen molar-refractivity contribution >= 4 is 5.91 Å². The Morgan fingerprint density at radius 3 is 2.41 bits per heavy atom. The molecule has 0 N–H and O–H groups in total. The van der Waals surface area contributed by atoms with Crippen LogP contribution in [0.25, 0.3) is 0 Å². The third-order valence-electron chi connectivity index (χ3n) is 6.55. The average molecular weight is 392 g/mol. The monoisotopic (exact) mass is 391 g/mol. The smallest absolute Gasteiger partial charge is 0.237 e. The summed E-state index contributed by atoms with van der Waals surface area (Å²) >= 11 is 0. The summed E-state index contributed by atoms with van der Waals surface area (Å²) in [6, 6.07) is 17.7. The van der Waals surface area contributed by atoms with Gasteiger partial charge in [0.2, 0.25) is 5.91 Å². The van der Waals surface area contributed by atoms with Crippen molar-refractivity contribution in [2.75, 3.05) is 40.3 Å². The van der Waals surface area contributed by atoms with E-state index in [0.29, 0.717) is 18.4 Å². The summed E-state index contributed by atoms with van der Waals surface area (Å²) in [6.07, 6.45) is 0. The maximum absolute atomic E-state index is 13.1. The van der Waals surface area contributed by atoms with Crippen molar-refractivity contribution in [3.63, 3.8) is 0 Å². The van der Waals surface area contributed by atoms with Crippen LogP contribution in [0.5, 0.6) is 0 Å². The van der Waals surface area contributed by atoms with Gasteiger partial charge in [0, 0.05) is 32.1 Å². The van der Waals surface area contributed by atoms with Gasteiger partial charge < -0.3 is 9.80 Å². The third-order valence-corrected chi connectivity index (χ3v) is 6.55. The predicted molar refractivity (Wildman–Crippen MR) is 118 cm³/mol. The van der Waals surface area contributed by atoms with Gasteiger partial charge in [0.05, 0.1) is 12.6 Å². The Morgan fingerprint density at radius 2 is 1.72 bits per heavy atom. The van der Waals surface area contributed by atoms with Gasteiger partial charge in [-0.2, -0.15) is 0 Å². The van der Waals surface area contributed by atoms with Gasteiger partial charge >= 0.3 is 0 Å². The molecule has 0 unspecified atom stereocenters. The molecular weight excluding hydrogens is 358 g/mol. The summed E-state index contributed by atoms with van der Waals surface area (Å²) in [4.78, 5) is 19.8. The van der Waals surface area contributed by atoms with Crippen molar-refractivity contribution in [3.8, 4) is 0 Å². The van der Waals surface area contributed by atoms with Gasteiger partial charge in [-0.3, -0.25) is 9.69 Å². The molecule has 2 heterocycles. The van der Waals surface area contributed by atoms with Crippen LogP contribution in [0.1, 0.15) is 28.3 Å². The zero-order valence-electron chi connectivity index (χ0n) is 18.1. The standard InChI is InChI=1S/C25H33N3O/c1-18-9-11-20(12-10-18)13-27-14-21-15-28(24(29)17-26(3)4)25(23(21)16-27)22-8-6-5-7-19(22)2/h5-12,21,23,25H,13-17H2,1-4H3/t21-,23-,25+/m1/s1. The van der Waals surface area contributed by atoms with E-state index in [9.17, 15) is 4.79 Å². The molecule has 0 saturated carbocycles. The Balaban J connectivity index is 1.56. The van der Waals surface area contributed by atoms with Gasteiger partial charge in [0.1, 0.15) is 0 Å². The number of likely N-dealkylation sites (N-methyl/N-ethyl adjacent to an activating group) is 1. The molecule has 2 fully saturated rings. The fourth-order valence-electron chi connectivity index (χ4n) is 5.15. The first-order valence-corrected chi connectivity index (χ1v) is 10.7. The van der Waals surface area contributed by atoms with Gasteiger partial charge in [-0.05, 0) is 50.6 Å². The number of benzene rings is 2. The van der Waals surface area contributed by atoms with E-state index in [0.717, 1.165) is 26.2 Å². The van der Waals surface area contributed by atoms with Crippen molar-refractivity contribution in [2.45, 2.75) is 26.4 Å². The number of aryl methyl sites for hydroxylation is 2. The molecule has 1 amide bonds. The quantitative estimate of drug-likeness (QED) is 0.781. The Labute approximate surface area is 175 Å². The van der Waals surface area contributed by atoms with Crippen LogP contribution in [0, 0.1) is 25.7 Å². The minimum absolute atomic E-state index is 0.191. The Morgan fingerprint density at radius 1 is 1.00 bits per heavy atom. The first kappa shape index (κ1) is 20.1. The second-order valence-electron chi connectivity index (χ2n) is 9.19. The van der Waals surface area contributed by atoms with Crippen LogP contribution in [-0.4, -0.2) is 60.9 Å². The summed E-state index contributed by atoms with van der Waals surface area (Å²) in [7, 11) is 3.95. The van der Waals surface area contributed by atoms with Crippen molar-refractivity contribution in [1.29, 1.82) is 0 Å². The van der Waals surface area contributed by atoms with Gasteiger partial charge in [-0.1, -0.05) is 54.1 Å². The van der Waals surface area contributed by atoms with Gasteiger partial charge in [-0.15, -0.1) is 0 Å². The van der Waals surface area contributed by atoms with Gasteiger partial charge in [0.15, 0.2) is 0 Å². The number of carbonyl (C=O) groups excluding carboxylic acids is 1. The Hall–Kier alpha value is -2.17. The minimum atomic E-state index is 0.191. The molecule has 4 nitrogen and oxygen atoms in total. The molecule has 2 saturated heterocycles. The van der Waals surface area contributed by atoms with Gasteiger partial charge in [-0.25, -0.2) is 0 Å². The molecule has 0 aromatic heterocycles. The average Bonchev–Trinajstić information content (AvgIpc) is 3.21. The van der Waals surface area contributed by atoms with Crippen LogP contribution in [-0.2, 0) is 11.3 Å². The van der Waals surface area contributed by atoms with Crippen LogP contribution in [0.15, 0.2) is 48.5 Å². The summed E-state index contributed by atoms with van der Waals surface area (Å²) in [6.45, 7) is 8.80. The highest BCUT2D eigenvalue weighted by molar-refractivity contribution is 5.79. The van der Waals surface area contributed by atoms with E-state index in [-0.39, 0.29) is 11.9 Å². The number of amides is 1. The Kier molecular flexibility index (Phi) is 5.75. The van der Waals surface area contributed by atoms with Crippen molar-refractivity contribution in [1.82, 2.24) is 14.7 Å². The molecule has 4 heteroatoms. The normalized spacial score (nSPS) is 24.3. The predicted octanol–water partition coefficient (Wildman–Crippen LogP) is 3.50. The molecule has 0 spiro atoms. The van der Waals surface area contributed by atoms with Crippen molar-refractivity contribution in [2.24, 2.45) is 11.8 Å². The molecule has 2 aliphatic rings. The van der Waals surface area contributed by atoms with Crippen LogP contribution in [0.4, 0.5) is 0 Å². The number of hydrogen-bond acceptors (Lipinski definition) is 3. The minimum Gasteiger partial charge on any atom is -0.334 e. The third kappa shape index (κ3) is 4.24. The van der Waals surface area contributed by atoms with E-state index in [4.69, 9.17) is 0 Å². The molecule has 2 aliphatic heterocycles. The first-order valence-electron chi connectivity index (χ1n) is 10.7. The van der Waals surface area contributed by atoms with Crippen molar-refractivity contribution in [3.05, 3.63) is 70.8 Å². The SMILES string of the molecule is Cc1ccc(CN2C[C@@H]3CN(C(=O)CN(C)C)[C@@H](c4ccccc4C)[C@@H]3C2)cc1. The van der Waals surface area contributed by atoms with Crippen LogP contribution >= 0.6 is 0 Å². The second-order valence-corrected chi connectivity index (χ2v) is 9.19. The fourth-order valence-corrected chi connectivity index (χ4v) is 5.15. The molecule has 0 radical (unpaired) electrons. The number of nitrogens with zero attached hydrogens (tertiary/aromatic N) is 3. The topological polar surface area (TPSA) is 26.8 Å². The Bertz CT molecular complexity index is 861. The van der Waals surface area contributed by atoms with Crippen LogP contribution in [0.3, 0.4) is 0 Å². The van der Waals surface area contributed by atoms with E-state index >= 15 is 0 Å². The summed E-state index contributed by atoms with van der Waals surface area (Å²) in [5.74, 6) is 1.31. The second kappa shape index (κ2) is 8.29. The van der Waals surface area contributed by atoms with E-state index < -0.39 is 0 Å².